The van der Waals surface area contributed by atoms with Crippen molar-refractivity contribution in [2.24, 2.45) is 0 Å². The number of hydrogen-bond acceptors (Lipinski definition) is 3. The van der Waals surface area contributed by atoms with E-state index in [1.54, 1.807) is 30.5 Å². The van der Waals surface area contributed by atoms with Gasteiger partial charge >= 0.3 is 0 Å². The quantitative estimate of drug-likeness (QED) is 0.679. The molecule has 0 radical (unpaired) electrons. The summed E-state index contributed by atoms with van der Waals surface area (Å²) < 4.78 is 0. The van der Waals surface area contributed by atoms with Gasteiger partial charge in [0.2, 0.25) is 0 Å². The topological polar surface area (TPSA) is 37.4 Å². The number of carbonyl (C=O) groups excluding carboxylic acids is 2. The summed E-state index contributed by atoms with van der Waals surface area (Å²) in [6.07, 6.45) is 1.69. The van der Waals surface area contributed by atoms with Crippen molar-refractivity contribution < 1.29 is 9.59 Å². The van der Waals surface area contributed by atoms with Gasteiger partial charge in [-0.05, 0) is 30.9 Å². The molecule has 4 heteroatoms. The highest BCUT2D eigenvalue weighted by Crippen LogP contribution is 2.30. The highest BCUT2D eigenvalue weighted by molar-refractivity contribution is 7.79. The summed E-state index contributed by atoms with van der Waals surface area (Å²) in [5.74, 6) is -0.422. The van der Waals surface area contributed by atoms with Crippen LogP contribution < -0.4 is 0 Å². The highest BCUT2D eigenvalue weighted by Gasteiger charge is 2.38. The Kier molecular flexibility index (Phi) is 4.81. The molecule has 108 valence electrons. The number of hydrogen-bond donors (Lipinski definition) is 1. The van der Waals surface area contributed by atoms with E-state index in [4.69, 9.17) is 0 Å². The molecule has 1 aliphatic rings. The predicted octanol–water partition coefficient (Wildman–Crippen LogP) is 3.59. The molecule has 0 aliphatic carbocycles. The van der Waals surface area contributed by atoms with Crippen LogP contribution in [0.5, 0.6) is 0 Å². The summed E-state index contributed by atoms with van der Waals surface area (Å²) in [5.41, 5.74) is 1.95. The summed E-state index contributed by atoms with van der Waals surface area (Å²) in [6, 6.07) is 16.3. The van der Waals surface area contributed by atoms with Crippen molar-refractivity contribution in [1.29, 1.82) is 0 Å². The van der Waals surface area contributed by atoms with Crippen LogP contribution in [0.4, 0.5) is 0 Å². The van der Waals surface area contributed by atoms with Crippen molar-refractivity contribution >= 4 is 24.4 Å². The SMILES string of the molecule is CC(c1ccccc1)N1C(=O)c2ccccc2C1=O.CS. The average Bonchev–Trinajstić information content (AvgIpc) is 2.81. The molecular weight excluding hydrogens is 282 g/mol. The number of amides is 2. The lowest BCUT2D eigenvalue weighted by molar-refractivity contribution is 0.0595. The third-order valence-corrected chi connectivity index (χ3v) is 3.49. The monoisotopic (exact) mass is 299 g/mol. The van der Waals surface area contributed by atoms with Gasteiger partial charge in [-0.1, -0.05) is 42.5 Å². The standard InChI is InChI=1S/C16H13NO2.CH4S/c1-11(12-7-3-2-4-8-12)17-15(18)13-9-5-6-10-14(13)16(17)19;1-2/h2-11H,1H3;2H,1H3. The number of thiol groups is 1. The van der Waals surface area contributed by atoms with E-state index in [2.05, 4.69) is 12.6 Å². The van der Waals surface area contributed by atoms with Crippen molar-refractivity contribution in [3.63, 3.8) is 0 Å². The van der Waals surface area contributed by atoms with E-state index in [0.29, 0.717) is 11.1 Å². The molecule has 3 nitrogen and oxygen atoms in total. The Morgan fingerprint density at radius 3 is 1.71 bits per heavy atom. The van der Waals surface area contributed by atoms with Crippen LogP contribution in [0.3, 0.4) is 0 Å². The molecule has 1 atom stereocenters. The van der Waals surface area contributed by atoms with Crippen molar-refractivity contribution in [2.45, 2.75) is 13.0 Å². The van der Waals surface area contributed by atoms with Gasteiger partial charge < -0.3 is 0 Å². The zero-order chi connectivity index (χ0) is 15.4. The molecule has 0 spiro atoms. The van der Waals surface area contributed by atoms with Gasteiger partial charge in [-0.25, -0.2) is 0 Å². The van der Waals surface area contributed by atoms with E-state index in [1.807, 2.05) is 37.3 Å². The van der Waals surface area contributed by atoms with Gasteiger partial charge in [0.25, 0.3) is 11.8 Å². The number of carbonyl (C=O) groups is 2. The van der Waals surface area contributed by atoms with E-state index >= 15 is 0 Å². The van der Waals surface area contributed by atoms with Gasteiger partial charge in [0.15, 0.2) is 0 Å². The number of rotatable bonds is 2. The maximum absolute atomic E-state index is 12.3. The first-order valence-electron chi connectivity index (χ1n) is 6.66. The molecule has 1 unspecified atom stereocenters. The Balaban J connectivity index is 0.000000774. The largest absolute Gasteiger partial charge is 0.269 e. The van der Waals surface area contributed by atoms with Crippen LogP contribution >= 0.6 is 12.6 Å². The Bertz CT molecular complexity index is 620. The van der Waals surface area contributed by atoms with Crippen molar-refractivity contribution in [3.8, 4) is 0 Å². The maximum atomic E-state index is 12.3. The van der Waals surface area contributed by atoms with Crippen LogP contribution in [0.2, 0.25) is 0 Å². The second-order valence-corrected chi connectivity index (χ2v) is 4.61. The van der Waals surface area contributed by atoms with Gasteiger partial charge in [-0.3, -0.25) is 14.5 Å². The summed E-state index contributed by atoms with van der Waals surface area (Å²) in [7, 11) is 0. The summed E-state index contributed by atoms with van der Waals surface area (Å²) in [4.78, 5) is 26.0. The molecule has 2 amide bonds. The molecule has 1 aliphatic heterocycles. The molecule has 0 saturated heterocycles. The number of imide groups is 1. The van der Waals surface area contributed by atoms with E-state index in [0.717, 1.165) is 5.56 Å². The zero-order valence-corrected chi connectivity index (χ0v) is 12.9. The number of fused-ring (bicyclic) bond motifs is 1. The summed E-state index contributed by atoms with van der Waals surface area (Å²) in [6.45, 7) is 1.87. The van der Waals surface area contributed by atoms with E-state index in [1.165, 1.54) is 4.90 Å². The number of benzene rings is 2. The van der Waals surface area contributed by atoms with Gasteiger partial charge in [-0.15, -0.1) is 0 Å². The maximum Gasteiger partial charge on any atom is 0.262 e. The van der Waals surface area contributed by atoms with Crippen LogP contribution in [-0.2, 0) is 0 Å². The van der Waals surface area contributed by atoms with Crippen molar-refractivity contribution in [3.05, 3.63) is 71.3 Å². The van der Waals surface area contributed by atoms with Gasteiger partial charge in [0.05, 0.1) is 17.2 Å². The van der Waals surface area contributed by atoms with Crippen LogP contribution in [0.15, 0.2) is 54.6 Å². The molecule has 0 bridgehead atoms. The van der Waals surface area contributed by atoms with Gasteiger partial charge in [-0.2, -0.15) is 12.6 Å². The van der Waals surface area contributed by atoms with Gasteiger partial charge in [0, 0.05) is 0 Å². The molecule has 2 aromatic carbocycles. The fourth-order valence-electron chi connectivity index (χ4n) is 2.44. The summed E-state index contributed by atoms with van der Waals surface area (Å²) in [5, 5.41) is 0. The van der Waals surface area contributed by atoms with Crippen molar-refractivity contribution in [2.75, 3.05) is 6.26 Å². The smallest absolute Gasteiger partial charge is 0.262 e. The third-order valence-electron chi connectivity index (χ3n) is 3.49. The van der Waals surface area contributed by atoms with Crippen LogP contribution in [0.25, 0.3) is 0 Å². The first kappa shape index (κ1) is 15.3. The molecule has 0 N–H and O–H groups in total. The lowest BCUT2D eigenvalue weighted by atomic mass is 10.1. The zero-order valence-electron chi connectivity index (χ0n) is 12.0. The Morgan fingerprint density at radius 2 is 1.24 bits per heavy atom. The third kappa shape index (κ3) is 2.72. The van der Waals surface area contributed by atoms with Crippen LogP contribution in [0.1, 0.15) is 39.2 Å². The molecule has 3 rings (SSSR count). The summed E-state index contributed by atoms with van der Waals surface area (Å²) >= 11 is 3.53. The second-order valence-electron chi connectivity index (χ2n) is 4.61. The first-order valence-corrected chi connectivity index (χ1v) is 7.56. The van der Waals surface area contributed by atoms with Crippen LogP contribution in [-0.4, -0.2) is 23.0 Å². The molecule has 0 aromatic heterocycles. The minimum atomic E-state index is -0.256. The first-order chi connectivity index (χ1) is 10.2. The Labute approximate surface area is 130 Å². The van der Waals surface area contributed by atoms with Crippen LogP contribution in [0, 0.1) is 0 Å². The lowest BCUT2D eigenvalue weighted by Gasteiger charge is -2.22. The molecule has 0 fully saturated rings. The molecule has 2 aromatic rings. The number of nitrogens with zero attached hydrogens (tertiary/aromatic N) is 1. The molecule has 1 heterocycles. The Morgan fingerprint density at radius 1 is 0.810 bits per heavy atom. The van der Waals surface area contributed by atoms with E-state index in [-0.39, 0.29) is 17.9 Å². The normalized spacial score (nSPS) is 14.3. The van der Waals surface area contributed by atoms with E-state index in [9.17, 15) is 9.59 Å². The highest BCUT2D eigenvalue weighted by atomic mass is 32.1. The minimum absolute atomic E-state index is 0.211. The molecule has 0 saturated carbocycles. The lowest BCUT2D eigenvalue weighted by Crippen LogP contribution is -2.32. The second kappa shape index (κ2) is 6.59. The fraction of sp³-hybridized carbons (Fsp3) is 0.176. The average molecular weight is 299 g/mol. The van der Waals surface area contributed by atoms with Crippen molar-refractivity contribution in [1.82, 2.24) is 4.90 Å². The fourth-order valence-corrected chi connectivity index (χ4v) is 2.44. The Hall–Kier alpha value is -2.07. The molecular formula is C17H17NO2S. The van der Waals surface area contributed by atoms with Gasteiger partial charge in [0.1, 0.15) is 0 Å². The predicted molar refractivity (Wildman–Crippen MR) is 86.7 cm³/mol. The molecule has 21 heavy (non-hydrogen) atoms. The minimum Gasteiger partial charge on any atom is -0.269 e. The van der Waals surface area contributed by atoms with E-state index < -0.39 is 0 Å².